The maximum atomic E-state index is 13.0. The van der Waals surface area contributed by atoms with Gasteiger partial charge in [0.25, 0.3) is 0 Å². The Bertz CT molecular complexity index is 1210. The van der Waals surface area contributed by atoms with E-state index < -0.39 is 0 Å². The zero-order chi connectivity index (χ0) is 23.8. The number of urea groups is 1. The van der Waals surface area contributed by atoms with Crippen molar-refractivity contribution in [2.75, 3.05) is 25.5 Å². The van der Waals surface area contributed by atoms with Crippen LogP contribution in [0.3, 0.4) is 0 Å². The van der Waals surface area contributed by atoms with Crippen molar-refractivity contribution >= 4 is 11.7 Å². The summed E-state index contributed by atoms with van der Waals surface area (Å²) in [6, 6.07) is 19.9. The molecule has 1 aromatic heterocycles. The molecule has 0 unspecified atom stereocenters. The van der Waals surface area contributed by atoms with Crippen LogP contribution in [0.4, 0.5) is 10.5 Å². The fraction of sp³-hybridized carbons (Fsp3) is 0.333. The first-order valence-corrected chi connectivity index (χ1v) is 11.6. The van der Waals surface area contributed by atoms with Gasteiger partial charge in [-0.25, -0.2) is 14.8 Å². The molecule has 2 heterocycles. The number of aromatic nitrogens is 2. The normalized spacial score (nSPS) is 24.3. The van der Waals surface area contributed by atoms with Gasteiger partial charge in [0, 0.05) is 11.1 Å². The van der Waals surface area contributed by atoms with Crippen LogP contribution < -0.4 is 10.2 Å². The number of carbonyl (C=O) groups is 1. The van der Waals surface area contributed by atoms with Crippen molar-refractivity contribution in [3.05, 3.63) is 78.1 Å². The monoisotopic (exact) mass is 452 g/mol. The van der Waals surface area contributed by atoms with Crippen LogP contribution in [-0.2, 0) is 5.54 Å². The molecule has 1 aliphatic heterocycles. The van der Waals surface area contributed by atoms with Crippen LogP contribution in [0.25, 0.3) is 11.4 Å². The molecule has 2 aromatic carbocycles. The highest BCUT2D eigenvalue weighted by molar-refractivity contribution is 5.95. The van der Waals surface area contributed by atoms with Crippen LogP contribution >= 0.6 is 0 Å². The summed E-state index contributed by atoms with van der Waals surface area (Å²) >= 11 is 0. The smallest absolute Gasteiger partial charge is 0.322 e. The Morgan fingerprint density at radius 2 is 1.62 bits per heavy atom. The number of benzene rings is 2. The van der Waals surface area contributed by atoms with E-state index >= 15 is 0 Å². The summed E-state index contributed by atoms with van der Waals surface area (Å²) in [7, 11) is 4.30. The molecule has 1 spiro atoms. The molecule has 1 saturated heterocycles. The number of hydrogen-bond acceptors (Lipinski definition) is 5. The highest BCUT2D eigenvalue weighted by Gasteiger charge is 2.50. The number of anilines is 1. The number of nitriles is 1. The Kier molecular flexibility index (Phi) is 5.54. The summed E-state index contributed by atoms with van der Waals surface area (Å²) in [5.74, 6) is 0.568. The second-order valence-corrected chi connectivity index (χ2v) is 9.54. The van der Waals surface area contributed by atoms with E-state index in [1.165, 1.54) is 5.56 Å². The van der Waals surface area contributed by atoms with Gasteiger partial charge in [0.05, 0.1) is 41.8 Å². The van der Waals surface area contributed by atoms with E-state index in [0.717, 1.165) is 31.2 Å². The van der Waals surface area contributed by atoms with Crippen molar-refractivity contribution in [1.29, 1.82) is 5.26 Å². The van der Waals surface area contributed by atoms with Gasteiger partial charge in [0.15, 0.2) is 5.82 Å². The standard InChI is InChI=1S/C27H28N6O/c1-32(2)27(22-6-4-3-5-7-22)14-12-26(13-15-27)19-33(25(34)31-26)23-17-29-24(30-18-23)21-10-8-20(16-28)9-11-21/h3-11,17-18H,12-15,19H2,1-2H3,(H,31,34)/t26-,27-. The second-order valence-electron chi connectivity index (χ2n) is 9.54. The van der Waals surface area contributed by atoms with Gasteiger partial charge in [-0.05, 0) is 69.6 Å². The Labute approximate surface area is 200 Å². The highest BCUT2D eigenvalue weighted by atomic mass is 16.2. The first-order valence-electron chi connectivity index (χ1n) is 11.6. The van der Waals surface area contributed by atoms with Crippen molar-refractivity contribution in [2.45, 2.75) is 36.8 Å². The average Bonchev–Trinajstić information content (AvgIpc) is 3.20. The summed E-state index contributed by atoms with van der Waals surface area (Å²) in [5.41, 5.74) is 3.20. The van der Waals surface area contributed by atoms with Gasteiger partial charge in [0.2, 0.25) is 0 Å². The van der Waals surface area contributed by atoms with E-state index in [0.29, 0.717) is 23.6 Å². The summed E-state index contributed by atoms with van der Waals surface area (Å²) in [6.07, 6.45) is 7.18. The number of amides is 2. The molecule has 172 valence electrons. The molecule has 1 N–H and O–H groups in total. The van der Waals surface area contributed by atoms with E-state index in [1.807, 2.05) is 12.1 Å². The molecule has 0 radical (unpaired) electrons. The maximum Gasteiger partial charge on any atom is 0.322 e. The molecule has 5 rings (SSSR count). The lowest BCUT2D eigenvalue weighted by molar-refractivity contribution is 0.0658. The summed E-state index contributed by atoms with van der Waals surface area (Å²) in [6.45, 7) is 0.615. The third-order valence-corrected chi connectivity index (χ3v) is 7.50. The fourth-order valence-corrected chi connectivity index (χ4v) is 5.39. The summed E-state index contributed by atoms with van der Waals surface area (Å²) in [4.78, 5) is 26.0. The van der Waals surface area contributed by atoms with Gasteiger partial charge in [-0.15, -0.1) is 0 Å². The minimum atomic E-state index is -0.239. The molecular weight excluding hydrogens is 424 g/mol. The summed E-state index contributed by atoms with van der Waals surface area (Å²) in [5, 5.41) is 12.3. The number of nitrogens with one attached hydrogen (secondary N) is 1. The van der Waals surface area contributed by atoms with Crippen molar-refractivity contribution < 1.29 is 4.79 Å². The highest BCUT2D eigenvalue weighted by Crippen LogP contribution is 2.46. The van der Waals surface area contributed by atoms with E-state index in [2.05, 4.69) is 70.7 Å². The van der Waals surface area contributed by atoms with E-state index in [4.69, 9.17) is 5.26 Å². The molecule has 2 fully saturated rings. The predicted octanol–water partition coefficient (Wildman–Crippen LogP) is 4.31. The third-order valence-electron chi connectivity index (χ3n) is 7.50. The van der Waals surface area contributed by atoms with Crippen LogP contribution in [0.15, 0.2) is 67.0 Å². The molecule has 7 nitrogen and oxygen atoms in total. The molecule has 0 atom stereocenters. The SMILES string of the molecule is CN(C)[C@]1(c2ccccc2)CC[C@@]2(CC1)CN(c1cnc(-c3ccc(C#N)cc3)nc1)C(=O)N2. The largest absolute Gasteiger partial charge is 0.330 e. The summed E-state index contributed by atoms with van der Waals surface area (Å²) < 4.78 is 0. The Morgan fingerprint density at radius 3 is 2.21 bits per heavy atom. The minimum absolute atomic E-state index is 0.0173. The minimum Gasteiger partial charge on any atom is -0.330 e. The van der Waals surface area contributed by atoms with Gasteiger partial charge in [-0.1, -0.05) is 30.3 Å². The topological polar surface area (TPSA) is 85.2 Å². The van der Waals surface area contributed by atoms with Crippen molar-refractivity contribution in [3.63, 3.8) is 0 Å². The average molecular weight is 453 g/mol. The molecule has 2 aliphatic rings. The van der Waals surface area contributed by atoms with Gasteiger partial charge in [0.1, 0.15) is 0 Å². The third kappa shape index (κ3) is 3.80. The van der Waals surface area contributed by atoms with Crippen molar-refractivity contribution in [3.8, 4) is 17.5 Å². The van der Waals surface area contributed by atoms with E-state index in [-0.39, 0.29) is 17.1 Å². The number of nitrogens with zero attached hydrogens (tertiary/aromatic N) is 5. The fourth-order valence-electron chi connectivity index (χ4n) is 5.39. The zero-order valence-electron chi connectivity index (χ0n) is 19.5. The van der Waals surface area contributed by atoms with Crippen molar-refractivity contribution in [2.24, 2.45) is 0 Å². The molecule has 3 aromatic rings. The van der Waals surface area contributed by atoms with E-state index in [1.54, 1.807) is 29.4 Å². The lowest BCUT2D eigenvalue weighted by Gasteiger charge is -2.48. The van der Waals surface area contributed by atoms with Crippen LogP contribution in [0, 0.1) is 11.3 Å². The molecule has 2 amide bonds. The zero-order valence-corrected chi connectivity index (χ0v) is 19.5. The molecule has 7 heteroatoms. The number of rotatable bonds is 4. The van der Waals surface area contributed by atoms with Gasteiger partial charge in [-0.2, -0.15) is 5.26 Å². The van der Waals surface area contributed by atoms with E-state index in [9.17, 15) is 4.79 Å². The molecule has 1 aliphatic carbocycles. The molecular formula is C27H28N6O. The molecule has 1 saturated carbocycles. The Morgan fingerprint density at radius 1 is 0.971 bits per heavy atom. The molecule has 34 heavy (non-hydrogen) atoms. The Balaban J connectivity index is 1.32. The lowest BCUT2D eigenvalue weighted by atomic mass is 9.69. The van der Waals surface area contributed by atoms with Gasteiger partial charge < -0.3 is 5.32 Å². The van der Waals surface area contributed by atoms with Crippen LogP contribution in [-0.4, -0.2) is 47.1 Å². The van der Waals surface area contributed by atoms with Gasteiger partial charge >= 0.3 is 6.03 Å². The number of carbonyl (C=O) groups excluding carboxylic acids is 1. The quantitative estimate of drug-likeness (QED) is 0.637. The number of hydrogen-bond donors (Lipinski definition) is 1. The maximum absolute atomic E-state index is 13.0. The Hall–Kier alpha value is -3.76. The predicted molar refractivity (Wildman–Crippen MR) is 131 cm³/mol. The van der Waals surface area contributed by atoms with Crippen LogP contribution in [0.1, 0.15) is 36.8 Å². The van der Waals surface area contributed by atoms with Crippen molar-refractivity contribution in [1.82, 2.24) is 20.2 Å². The first kappa shape index (κ1) is 22.1. The second kappa shape index (κ2) is 8.54. The van der Waals surface area contributed by atoms with Gasteiger partial charge in [-0.3, -0.25) is 9.80 Å². The lowest BCUT2D eigenvalue weighted by Crippen LogP contribution is -2.54. The van der Waals surface area contributed by atoms with Crippen LogP contribution in [0.5, 0.6) is 0 Å². The van der Waals surface area contributed by atoms with Crippen LogP contribution in [0.2, 0.25) is 0 Å². The molecule has 0 bridgehead atoms. The first-order chi connectivity index (χ1) is 16.4.